The third kappa shape index (κ3) is 4.42. The van der Waals surface area contributed by atoms with Crippen LogP contribution in [0.15, 0.2) is 10.2 Å². The second-order valence-electron chi connectivity index (χ2n) is 9.28. The van der Waals surface area contributed by atoms with E-state index in [-0.39, 0.29) is 25.2 Å². The number of halogens is 1. The molecule has 29 heavy (non-hydrogen) atoms. The zero-order valence-corrected chi connectivity index (χ0v) is 19.5. The summed E-state index contributed by atoms with van der Waals surface area (Å²) in [6, 6.07) is 0. The fourth-order valence-electron chi connectivity index (χ4n) is 4.58. The maximum Gasteiger partial charge on any atom is 0.309 e. The van der Waals surface area contributed by atoms with Gasteiger partial charge in [-0.15, -0.1) is 0 Å². The van der Waals surface area contributed by atoms with Gasteiger partial charge >= 0.3 is 5.97 Å². The summed E-state index contributed by atoms with van der Waals surface area (Å²) in [5.74, 6) is -3.45. The fourth-order valence-corrected chi connectivity index (χ4v) is 4.95. The largest absolute Gasteiger partial charge is 0.457 e. The zero-order chi connectivity index (χ0) is 21.6. The summed E-state index contributed by atoms with van der Waals surface area (Å²) >= 11 is 2.07. The fraction of sp³-hybridized carbons (Fsp3) is 0.810. The van der Waals surface area contributed by atoms with Crippen molar-refractivity contribution in [2.45, 2.75) is 89.7 Å². The van der Waals surface area contributed by atoms with Crippen LogP contribution >= 0.6 is 22.6 Å². The molecule has 0 spiro atoms. The number of hydrogen-bond donors (Lipinski definition) is 2. The lowest BCUT2D eigenvalue weighted by molar-refractivity contribution is -0.226. The zero-order valence-electron chi connectivity index (χ0n) is 17.3. The third-order valence-corrected chi connectivity index (χ3v) is 7.29. The summed E-state index contributed by atoms with van der Waals surface area (Å²) < 4.78 is 19.5. The first-order valence-electron chi connectivity index (χ1n) is 10.2. The van der Waals surface area contributed by atoms with Gasteiger partial charge in [0.15, 0.2) is 5.78 Å². The van der Waals surface area contributed by atoms with Gasteiger partial charge in [-0.3, -0.25) is 9.59 Å². The van der Waals surface area contributed by atoms with Crippen molar-refractivity contribution in [1.82, 2.24) is 0 Å². The van der Waals surface area contributed by atoms with Gasteiger partial charge in [0.2, 0.25) is 5.79 Å². The molecule has 2 N–H and O–H groups in total. The average Bonchev–Trinajstić information content (AvgIpc) is 2.95. The lowest BCUT2D eigenvalue weighted by Crippen LogP contribution is -2.49. The van der Waals surface area contributed by atoms with Gasteiger partial charge in [-0.05, 0) is 16.6 Å². The molecule has 8 heteroatoms. The smallest absolute Gasteiger partial charge is 0.309 e. The van der Waals surface area contributed by atoms with Gasteiger partial charge in [-0.25, -0.2) is 0 Å². The van der Waals surface area contributed by atoms with Crippen molar-refractivity contribution in [2.24, 2.45) is 17.3 Å². The highest BCUT2D eigenvalue weighted by Crippen LogP contribution is 2.46. The molecule has 8 atom stereocenters. The van der Waals surface area contributed by atoms with Crippen molar-refractivity contribution < 1.29 is 34.0 Å². The van der Waals surface area contributed by atoms with E-state index in [9.17, 15) is 19.8 Å². The quantitative estimate of drug-likeness (QED) is 0.403. The van der Waals surface area contributed by atoms with Gasteiger partial charge in [-0.2, -0.15) is 0 Å². The Bertz CT molecular complexity index is 678. The highest BCUT2D eigenvalue weighted by Gasteiger charge is 2.56. The second kappa shape index (κ2) is 8.53. The molecule has 164 valence electrons. The molecule has 3 aliphatic heterocycles. The van der Waals surface area contributed by atoms with Crippen molar-refractivity contribution in [3.63, 3.8) is 0 Å². The Hall–Kier alpha value is -0.550. The van der Waals surface area contributed by atoms with E-state index in [0.717, 1.165) is 0 Å². The van der Waals surface area contributed by atoms with E-state index in [1.165, 1.54) is 0 Å². The molecule has 3 rings (SSSR count). The van der Waals surface area contributed by atoms with Crippen molar-refractivity contribution in [3.8, 4) is 0 Å². The second-order valence-corrected chi connectivity index (χ2v) is 10.00. The topological polar surface area (TPSA) is 102 Å². The molecule has 3 saturated heterocycles. The van der Waals surface area contributed by atoms with Crippen LogP contribution in [0.25, 0.3) is 0 Å². The SMILES string of the molecule is C[C@H]1[C@@H]2CC(=O)O[C@H](/C=C/I)C(C)(C)[C@H]3C[C@@H](C)[C@@](O)(O3)C(=O)C[C@H](C[C@@H]1O)O2. The van der Waals surface area contributed by atoms with Crippen LogP contribution in [0, 0.1) is 17.3 Å². The third-order valence-electron chi connectivity index (χ3n) is 6.87. The Labute approximate surface area is 185 Å². The number of cyclic esters (lactones) is 1. The van der Waals surface area contributed by atoms with Crippen LogP contribution in [0.4, 0.5) is 0 Å². The van der Waals surface area contributed by atoms with Crippen molar-refractivity contribution in [1.29, 1.82) is 0 Å². The number of aliphatic hydroxyl groups is 2. The van der Waals surface area contributed by atoms with Crippen LogP contribution in [-0.4, -0.2) is 58.3 Å². The summed E-state index contributed by atoms with van der Waals surface area (Å²) in [6.45, 7) is 7.44. The van der Waals surface area contributed by atoms with Gasteiger partial charge in [0.25, 0.3) is 0 Å². The first kappa shape index (κ1) is 23.1. The summed E-state index contributed by atoms with van der Waals surface area (Å²) in [4.78, 5) is 25.8. The lowest BCUT2D eigenvalue weighted by Gasteiger charge is -2.39. The number of rotatable bonds is 1. The summed E-state index contributed by atoms with van der Waals surface area (Å²) in [6.07, 6.45) is -0.443. The van der Waals surface area contributed by atoms with E-state index in [0.29, 0.717) is 6.42 Å². The average molecular weight is 522 g/mol. The minimum Gasteiger partial charge on any atom is -0.457 e. The molecule has 3 heterocycles. The standard InChI is InChI=1S/C21H31IO7/c1-11-7-18-20(3,4)17(5-6-22)28-19(25)10-15-12(2)14(23)8-13(27-15)9-16(24)21(11,26)29-18/h5-6,11-15,17-18,23,26H,7-10H2,1-4H3/b6-5+/t11-,12-,13+,14+,15+,17-,18-,21-/m1/s1. The van der Waals surface area contributed by atoms with Gasteiger partial charge in [-0.1, -0.05) is 50.3 Å². The molecule has 0 radical (unpaired) electrons. The predicted molar refractivity (Wildman–Crippen MR) is 113 cm³/mol. The maximum atomic E-state index is 13.0. The van der Waals surface area contributed by atoms with Crippen LogP contribution in [0.5, 0.6) is 0 Å². The molecule has 3 aliphatic rings. The molecule has 4 bridgehead atoms. The van der Waals surface area contributed by atoms with Gasteiger partial charge < -0.3 is 24.4 Å². The van der Waals surface area contributed by atoms with Crippen LogP contribution in [0.3, 0.4) is 0 Å². The molecular formula is C21H31IO7. The van der Waals surface area contributed by atoms with Crippen LogP contribution in [0.2, 0.25) is 0 Å². The monoisotopic (exact) mass is 522 g/mol. The lowest BCUT2D eigenvalue weighted by atomic mass is 9.77. The van der Waals surface area contributed by atoms with Crippen molar-refractivity contribution >= 4 is 34.3 Å². The minimum atomic E-state index is -1.91. The normalized spacial score (nSPS) is 46.0. The molecule has 3 fully saturated rings. The van der Waals surface area contributed by atoms with E-state index in [4.69, 9.17) is 14.2 Å². The maximum absolute atomic E-state index is 13.0. The number of Topliss-reactive ketones (excluding diaryl/α,β-unsaturated/α-hetero) is 1. The number of carbonyl (C=O) groups is 2. The van der Waals surface area contributed by atoms with E-state index in [1.54, 1.807) is 17.1 Å². The summed E-state index contributed by atoms with van der Waals surface area (Å²) in [5.41, 5.74) is -0.661. The van der Waals surface area contributed by atoms with Crippen LogP contribution in [0.1, 0.15) is 53.4 Å². The predicted octanol–water partition coefficient (Wildman–Crippen LogP) is 2.50. The van der Waals surface area contributed by atoms with Gasteiger partial charge in [0.05, 0.1) is 30.8 Å². The first-order valence-corrected chi connectivity index (χ1v) is 11.5. The number of fused-ring (bicyclic) bond motifs is 4. The first-order chi connectivity index (χ1) is 13.5. The Morgan fingerprint density at radius 1 is 1.17 bits per heavy atom. The molecule has 0 aromatic rings. The van der Waals surface area contributed by atoms with Crippen molar-refractivity contribution in [3.05, 3.63) is 10.2 Å². The number of hydrogen-bond acceptors (Lipinski definition) is 7. The molecule has 0 aromatic heterocycles. The molecular weight excluding hydrogens is 491 g/mol. The Balaban J connectivity index is 1.99. The highest BCUT2D eigenvalue weighted by molar-refractivity contribution is 14.1. The molecule has 0 unspecified atom stereocenters. The van der Waals surface area contributed by atoms with Crippen LogP contribution < -0.4 is 0 Å². The highest BCUT2D eigenvalue weighted by atomic mass is 127. The van der Waals surface area contributed by atoms with Gasteiger partial charge in [0, 0.05) is 30.1 Å². The van der Waals surface area contributed by atoms with E-state index in [1.807, 2.05) is 20.8 Å². The number of aliphatic hydroxyl groups excluding tert-OH is 1. The number of carbonyl (C=O) groups excluding carboxylic acids is 2. The van der Waals surface area contributed by atoms with E-state index >= 15 is 0 Å². The Morgan fingerprint density at radius 3 is 2.52 bits per heavy atom. The molecule has 0 aromatic carbocycles. The van der Waals surface area contributed by atoms with Crippen molar-refractivity contribution in [2.75, 3.05) is 0 Å². The van der Waals surface area contributed by atoms with E-state index < -0.39 is 59.4 Å². The number of ether oxygens (including phenoxy) is 3. The summed E-state index contributed by atoms with van der Waals surface area (Å²) in [7, 11) is 0. The number of esters is 1. The Morgan fingerprint density at radius 2 is 1.86 bits per heavy atom. The Kier molecular flexibility index (Phi) is 6.80. The molecule has 7 nitrogen and oxygen atoms in total. The molecule has 0 saturated carbocycles. The molecule has 0 aliphatic carbocycles. The minimum absolute atomic E-state index is 0.00320. The number of ketones is 1. The summed E-state index contributed by atoms with van der Waals surface area (Å²) in [5, 5.41) is 21.5. The van der Waals surface area contributed by atoms with Gasteiger partial charge in [0.1, 0.15) is 6.10 Å². The molecule has 0 amide bonds. The van der Waals surface area contributed by atoms with Crippen LogP contribution in [-0.2, 0) is 23.8 Å². The van der Waals surface area contributed by atoms with E-state index in [2.05, 4.69) is 22.6 Å².